The maximum absolute atomic E-state index is 12.5. The summed E-state index contributed by atoms with van der Waals surface area (Å²) in [4.78, 5) is 49.5. The summed E-state index contributed by atoms with van der Waals surface area (Å²) >= 11 is 0. The first-order chi connectivity index (χ1) is 11.9. The molecule has 2 atom stereocenters. The number of nitrogens with one attached hydrogen (secondary N) is 3. The maximum atomic E-state index is 12.5. The van der Waals surface area contributed by atoms with Crippen molar-refractivity contribution in [1.29, 1.82) is 0 Å². The summed E-state index contributed by atoms with van der Waals surface area (Å²) in [6.07, 6.45) is 7.16. The van der Waals surface area contributed by atoms with Crippen LogP contribution < -0.4 is 16.0 Å². The number of rotatable bonds is 3. The Morgan fingerprint density at radius 2 is 1.84 bits per heavy atom. The molecule has 0 aromatic heterocycles. The highest BCUT2D eigenvalue weighted by molar-refractivity contribution is 6.10. The van der Waals surface area contributed by atoms with Crippen molar-refractivity contribution in [3.63, 3.8) is 0 Å². The second-order valence-corrected chi connectivity index (χ2v) is 7.50. The third kappa shape index (κ3) is 3.62. The van der Waals surface area contributed by atoms with Crippen LogP contribution in [0.4, 0.5) is 9.59 Å². The Kier molecular flexibility index (Phi) is 4.96. The van der Waals surface area contributed by atoms with Gasteiger partial charge >= 0.3 is 12.1 Å². The highest BCUT2D eigenvalue weighted by Gasteiger charge is 2.52. The fourth-order valence-electron chi connectivity index (χ4n) is 4.18. The summed E-state index contributed by atoms with van der Waals surface area (Å²) in [5.74, 6) is -0.631. The van der Waals surface area contributed by atoms with Crippen LogP contribution in [-0.2, 0) is 9.59 Å². The smallest absolute Gasteiger partial charge is 0.325 e. The molecule has 8 nitrogen and oxygen atoms in total. The lowest BCUT2D eigenvalue weighted by atomic mass is 9.86. The monoisotopic (exact) mass is 350 g/mol. The average molecular weight is 350 g/mol. The van der Waals surface area contributed by atoms with E-state index < -0.39 is 30.1 Å². The van der Waals surface area contributed by atoms with Crippen LogP contribution in [0.5, 0.6) is 0 Å². The molecule has 0 aromatic carbocycles. The molecular weight excluding hydrogens is 324 g/mol. The number of imide groups is 2. The summed E-state index contributed by atoms with van der Waals surface area (Å²) in [6, 6.07) is -1.06. The Hall–Kier alpha value is -2.12. The van der Waals surface area contributed by atoms with Crippen molar-refractivity contribution in [2.75, 3.05) is 6.54 Å². The molecule has 25 heavy (non-hydrogen) atoms. The molecule has 0 bridgehead atoms. The lowest BCUT2D eigenvalue weighted by molar-refractivity contribution is -0.134. The molecule has 8 heteroatoms. The molecule has 6 amide bonds. The van der Waals surface area contributed by atoms with Crippen LogP contribution in [0.15, 0.2) is 0 Å². The quantitative estimate of drug-likeness (QED) is 0.666. The third-order valence-electron chi connectivity index (χ3n) is 5.69. The zero-order valence-corrected chi connectivity index (χ0v) is 14.6. The summed E-state index contributed by atoms with van der Waals surface area (Å²) in [5, 5.41) is 7.77. The number of nitrogens with zero attached hydrogens (tertiary/aromatic N) is 1. The third-order valence-corrected chi connectivity index (χ3v) is 5.69. The van der Waals surface area contributed by atoms with E-state index in [4.69, 9.17) is 0 Å². The molecule has 1 saturated heterocycles. The molecule has 3 aliphatic rings. The van der Waals surface area contributed by atoms with Crippen molar-refractivity contribution in [2.45, 2.75) is 69.9 Å². The van der Waals surface area contributed by atoms with E-state index in [0.717, 1.165) is 43.4 Å². The van der Waals surface area contributed by atoms with Crippen molar-refractivity contribution >= 4 is 23.9 Å². The van der Waals surface area contributed by atoms with Gasteiger partial charge in [-0.25, -0.2) is 9.59 Å². The summed E-state index contributed by atoms with van der Waals surface area (Å²) in [7, 11) is 0. The second kappa shape index (κ2) is 7.01. The lowest BCUT2D eigenvalue weighted by Gasteiger charge is -2.29. The van der Waals surface area contributed by atoms with Crippen LogP contribution in [0.25, 0.3) is 0 Å². The van der Waals surface area contributed by atoms with Crippen LogP contribution in [0.2, 0.25) is 0 Å². The summed E-state index contributed by atoms with van der Waals surface area (Å²) < 4.78 is 0. The van der Waals surface area contributed by atoms with Crippen LogP contribution in [0.3, 0.4) is 0 Å². The minimum atomic E-state index is -0.836. The summed E-state index contributed by atoms with van der Waals surface area (Å²) in [5.41, 5.74) is -0.836. The number of hydrogen-bond acceptors (Lipinski definition) is 4. The largest absolute Gasteiger partial charge is 0.335 e. The Morgan fingerprint density at radius 3 is 2.52 bits per heavy atom. The van der Waals surface area contributed by atoms with E-state index in [-0.39, 0.29) is 11.9 Å². The normalized spacial score (nSPS) is 28.1. The van der Waals surface area contributed by atoms with Gasteiger partial charge in [-0.1, -0.05) is 32.6 Å². The van der Waals surface area contributed by atoms with Crippen molar-refractivity contribution in [3.05, 3.63) is 0 Å². The first kappa shape index (κ1) is 17.7. The minimum Gasteiger partial charge on any atom is -0.335 e. The van der Waals surface area contributed by atoms with E-state index in [1.807, 2.05) is 0 Å². The fourth-order valence-corrected chi connectivity index (χ4v) is 4.18. The molecule has 0 aromatic rings. The van der Waals surface area contributed by atoms with Crippen molar-refractivity contribution < 1.29 is 19.2 Å². The van der Waals surface area contributed by atoms with Gasteiger partial charge in [-0.05, 0) is 31.6 Å². The SMILES string of the molecule is C[C@H]1CCCC[C@H]1NC(=O)NC(=O)CN1C(=O)NC2(CCCC2)C1=O. The van der Waals surface area contributed by atoms with Gasteiger partial charge in [0.1, 0.15) is 12.1 Å². The van der Waals surface area contributed by atoms with E-state index in [9.17, 15) is 19.2 Å². The average Bonchev–Trinajstić information content (AvgIpc) is 3.11. The second-order valence-electron chi connectivity index (χ2n) is 7.50. The highest BCUT2D eigenvalue weighted by Crippen LogP contribution is 2.34. The molecule has 138 valence electrons. The molecular formula is C17H26N4O4. The summed E-state index contributed by atoms with van der Waals surface area (Å²) in [6.45, 7) is 1.65. The molecule has 0 radical (unpaired) electrons. The van der Waals surface area contributed by atoms with E-state index in [0.29, 0.717) is 18.8 Å². The van der Waals surface area contributed by atoms with Gasteiger partial charge in [0.25, 0.3) is 5.91 Å². The highest BCUT2D eigenvalue weighted by atomic mass is 16.2. The molecule has 3 N–H and O–H groups in total. The van der Waals surface area contributed by atoms with E-state index >= 15 is 0 Å². The predicted molar refractivity (Wildman–Crippen MR) is 89.5 cm³/mol. The fraction of sp³-hybridized carbons (Fsp3) is 0.765. The molecule has 2 aliphatic carbocycles. The van der Waals surface area contributed by atoms with Crippen LogP contribution in [0, 0.1) is 5.92 Å². The van der Waals surface area contributed by atoms with Crippen LogP contribution in [0.1, 0.15) is 58.3 Å². The van der Waals surface area contributed by atoms with Crippen LogP contribution in [-0.4, -0.2) is 46.9 Å². The predicted octanol–water partition coefficient (Wildman–Crippen LogP) is 1.26. The van der Waals surface area contributed by atoms with E-state index in [1.165, 1.54) is 0 Å². The number of carbonyl (C=O) groups is 4. The van der Waals surface area contributed by atoms with E-state index in [1.54, 1.807) is 0 Å². The Morgan fingerprint density at radius 1 is 1.16 bits per heavy atom. The molecule has 3 fully saturated rings. The Balaban J connectivity index is 1.51. The topological polar surface area (TPSA) is 108 Å². The van der Waals surface area contributed by atoms with Crippen molar-refractivity contribution in [3.8, 4) is 0 Å². The number of hydrogen-bond donors (Lipinski definition) is 3. The van der Waals surface area contributed by atoms with E-state index in [2.05, 4.69) is 22.9 Å². The van der Waals surface area contributed by atoms with Gasteiger partial charge in [-0.3, -0.25) is 19.8 Å². The van der Waals surface area contributed by atoms with Gasteiger partial charge in [-0.15, -0.1) is 0 Å². The molecule has 1 aliphatic heterocycles. The molecule has 1 heterocycles. The maximum Gasteiger partial charge on any atom is 0.325 e. The minimum absolute atomic E-state index is 0.0556. The molecule has 0 unspecified atom stereocenters. The zero-order valence-electron chi connectivity index (χ0n) is 14.6. The number of urea groups is 2. The van der Waals surface area contributed by atoms with Crippen molar-refractivity contribution in [2.24, 2.45) is 5.92 Å². The number of carbonyl (C=O) groups excluding carboxylic acids is 4. The first-order valence-corrected chi connectivity index (χ1v) is 9.16. The van der Waals surface area contributed by atoms with Gasteiger partial charge in [0, 0.05) is 6.04 Å². The van der Waals surface area contributed by atoms with Gasteiger partial charge in [0.15, 0.2) is 0 Å². The number of amides is 6. The standard InChI is InChI=1S/C17H26N4O4/c1-11-6-2-3-7-12(11)18-15(24)19-13(22)10-21-14(23)17(20-16(21)25)8-4-5-9-17/h11-12H,2-10H2,1H3,(H,20,25)(H2,18,19,22,24)/t11-,12+/m0/s1. The van der Waals surface area contributed by atoms with Crippen molar-refractivity contribution in [1.82, 2.24) is 20.9 Å². The zero-order chi connectivity index (χ0) is 18.0. The molecule has 1 spiro atoms. The van der Waals surface area contributed by atoms with Gasteiger partial charge in [0.05, 0.1) is 0 Å². The lowest BCUT2D eigenvalue weighted by Crippen LogP contribution is -2.50. The molecule has 3 rings (SSSR count). The molecule has 2 saturated carbocycles. The van der Waals surface area contributed by atoms with Gasteiger partial charge < -0.3 is 10.6 Å². The Bertz CT molecular complexity index is 585. The van der Waals surface area contributed by atoms with Gasteiger partial charge in [-0.2, -0.15) is 0 Å². The Labute approximate surface area is 147 Å². The van der Waals surface area contributed by atoms with Crippen LogP contribution >= 0.6 is 0 Å². The first-order valence-electron chi connectivity index (χ1n) is 9.16. The van der Waals surface area contributed by atoms with Gasteiger partial charge in [0.2, 0.25) is 5.91 Å².